The maximum absolute atomic E-state index is 13.1. The fraction of sp³-hybridized carbons (Fsp3) is 0.500. The standard InChI is InChI=1S/C16H22N3O5P/c1-16(2)23-11-14(24-16)15(25(20,21-3)22-4)19-10-13(17-18-19)12-8-6-5-7-9-12/h5-10,14-15H,11H2,1-4H3/t14?,15-/m0/s1. The van der Waals surface area contributed by atoms with Crippen molar-refractivity contribution in [3.8, 4) is 11.3 Å². The van der Waals surface area contributed by atoms with Gasteiger partial charge >= 0.3 is 7.60 Å². The van der Waals surface area contributed by atoms with Crippen LogP contribution >= 0.6 is 7.60 Å². The van der Waals surface area contributed by atoms with Crippen LogP contribution in [0.3, 0.4) is 0 Å². The molecule has 0 amide bonds. The molecule has 1 aliphatic heterocycles. The van der Waals surface area contributed by atoms with E-state index in [4.69, 9.17) is 18.5 Å². The Morgan fingerprint density at radius 2 is 1.96 bits per heavy atom. The monoisotopic (exact) mass is 367 g/mol. The fourth-order valence-electron chi connectivity index (χ4n) is 2.82. The van der Waals surface area contributed by atoms with Crippen molar-refractivity contribution in [3.63, 3.8) is 0 Å². The zero-order valence-electron chi connectivity index (χ0n) is 14.7. The molecule has 8 nitrogen and oxygen atoms in total. The van der Waals surface area contributed by atoms with Crippen molar-refractivity contribution in [3.05, 3.63) is 36.5 Å². The van der Waals surface area contributed by atoms with Crippen LogP contribution in [0.25, 0.3) is 11.3 Å². The minimum atomic E-state index is -3.54. The van der Waals surface area contributed by atoms with Crippen LogP contribution in [-0.4, -0.2) is 47.7 Å². The fourth-order valence-corrected chi connectivity index (χ4v) is 4.36. The van der Waals surface area contributed by atoms with E-state index in [2.05, 4.69) is 10.3 Å². The summed E-state index contributed by atoms with van der Waals surface area (Å²) in [6, 6.07) is 9.60. The van der Waals surface area contributed by atoms with Gasteiger partial charge in [0.2, 0.25) is 0 Å². The lowest BCUT2D eigenvalue weighted by molar-refractivity contribution is -0.141. The van der Waals surface area contributed by atoms with Crippen LogP contribution in [0.15, 0.2) is 36.5 Å². The summed E-state index contributed by atoms with van der Waals surface area (Å²) in [5.74, 6) is -1.59. The first-order valence-corrected chi connectivity index (χ1v) is 9.50. The topological polar surface area (TPSA) is 84.7 Å². The molecule has 2 atom stereocenters. The van der Waals surface area contributed by atoms with Gasteiger partial charge in [-0.05, 0) is 13.8 Å². The summed E-state index contributed by atoms with van der Waals surface area (Å²) in [6.45, 7) is 3.84. The largest absolute Gasteiger partial charge is 0.357 e. The first kappa shape index (κ1) is 18.2. The predicted octanol–water partition coefficient (Wildman–Crippen LogP) is 3.08. The Kier molecular flexibility index (Phi) is 5.09. The van der Waals surface area contributed by atoms with Crippen LogP contribution in [-0.2, 0) is 23.1 Å². The summed E-state index contributed by atoms with van der Waals surface area (Å²) in [5.41, 5.74) is 1.56. The predicted molar refractivity (Wildman–Crippen MR) is 91.0 cm³/mol. The lowest BCUT2D eigenvalue weighted by Gasteiger charge is -2.28. The number of ether oxygens (including phenoxy) is 2. The first-order chi connectivity index (χ1) is 11.9. The van der Waals surface area contributed by atoms with Crippen LogP contribution in [0, 0.1) is 0 Å². The number of hydrogen-bond acceptors (Lipinski definition) is 7. The Labute approximate surface area is 146 Å². The first-order valence-electron chi connectivity index (χ1n) is 7.89. The van der Waals surface area contributed by atoms with E-state index in [-0.39, 0.29) is 6.61 Å². The highest BCUT2D eigenvalue weighted by molar-refractivity contribution is 7.54. The molecular weight excluding hydrogens is 345 g/mol. The van der Waals surface area contributed by atoms with Gasteiger partial charge in [0.1, 0.15) is 11.8 Å². The molecule has 2 heterocycles. The van der Waals surface area contributed by atoms with Crippen LogP contribution in [0.2, 0.25) is 0 Å². The van der Waals surface area contributed by atoms with Gasteiger partial charge in [0.25, 0.3) is 0 Å². The van der Waals surface area contributed by atoms with Gasteiger partial charge in [-0.25, -0.2) is 4.68 Å². The van der Waals surface area contributed by atoms with Crippen molar-refractivity contribution in [2.75, 3.05) is 20.8 Å². The third-order valence-corrected chi connectivity index (χ3v) is 6.28. The molecule has 1 saturated heterocycles. The molecule has 0 bridgehead atoms. The number of rotatable bonds is 6. The number of aromatic nitrogens is 3. The lowest BCUT2D eigenvalue weighted by atomic mass is 10.2. The second-order valence-electron chi connectivity index (χ2n) is 6.14. The van der Waals surface area contributed by atoms with Gasteiger partial charge in [0.15, 0.2) is 11.6 Å². The molecule has 1 unspecified atom stereocenters. The average molecular weight is 367 g/mol. The van der Waals surface area contributed by atoms with Crippen molar-refractivity contribution < 1.29 is 23.1 Å². The van der Waals surface area contributed by atoms with Gasteiger partial charge in [-0.3, -0.25) is 4.57 Å². The highest BCUT2D eigenvalue weighted by atomic mass is 31.2. The van der Waals surface area contributed by atoms with Gasteiger partial charge in [-0.1, -0.05) is 35.5 Å². The zero-order chi connectivity index (χ0) is 18.1. The van der Waals surface area contributed by atoms with Crippen molar-refractivity contribution in [1.29, 1.82) is 0 Å². The normalized spacial score (nSPS) is 21.4. The Balaban J connectivity index is 1.98. The molecule has 0 N–H and O–H groups in total. The van der Waals surface area contributed by atoms with Gasteiger partial charge in [-0.2, -0.15) is 0 Å². The molecule has 0 spiro atoms. The van der Waals surface area contributed by atoms with Gasteiger partial charge < -0.3 is 18.5 Å². The van der Waals surface area contributed by atoms with Gasteiger partial charge in [0.05, 0.1) is 12.8 Å². The summed E-state index contributed by atoms with van der Waals surface area (Å²) in [5, 5.41) is 8.33. The zero-order valence-corrected chi connectivity index (χ0v) is 15.6. The molecule has 3 rings (SSSR count). The number of benzene rings is 1. The third kappa shape index (κ3) is 3.68. The van der Waals surface area contributed by atoms with E-state index in [0.29, 0.717) is 5.69 Å². The molecule has 1 aromatic carbocycles. The molecule has 25 heavy (non-hydrogen) atoms. The van der Waals surface area contributed by atoms with Crippen molar-refractivity contribution in [2.45, 2.75) is 31.5 Å². The van der Waals surface area contributed by atoms with Crippen LogP contribution in [0.1, 0.15) is 19.6 Å². The van der Waals surface area contributed by atoms with Gasteiger partial charge in [-0.15, -0.1) is 5.10 Å². The number of hydrogen-bond donors (Lipinski definition) is 0. The van der Waals surface area contributed by atoms with E-state index in [1.54, 1.807) is 20.0 Å². The SMILES string of the molecule is COP(=O)(OC)[C@@H](C1COC(C)(C)O1)n1cc(-c2ccccc2)nn1. The molecule has 0 saturated carbocycles. The van der Waals surface area contributed by atoms with E-state index >= 15 is 0 Å². The maximum atomic E-state index is 13.1. The molecule has 136 valence electrons. The summed E-state index contributed by atoms with van der Waals surface area (Å²) in [6.07, 6.45) is 1.16. The molecular formula is C16H22N3O5P. The second kappa shape index (κ2) is 6.97. The Hall–Kier alpha value is -1.57. The van der Waals surface area contributed by atoms with E-state index in [1.807, 2.05) is 30.3 Å². The molecule has 9 heteroatoms. The Bertz CT molecular complexity index is 756. The summed E-state index contributed by atoms with van der Waals surface area (Å²) in [7, 11) is -0.860. The summed E-state index contributed by atoms with van der Waals surface area (Å²) < 4.78 is 36.5. The van der Waals surface area contributed by atoms with Crippen molar-refractivity contribution in [2.24, 2.45) is 0 Å². The van der Waals surface area contributed by atoms with E-state index < -0.39 is 25.3 Å². The minimum Gasteiger partial charge on any atom is -0.348 e. The third-order valence-electron chi connectivity index (χ3n) is 4.05. The molecule has 1 aromatic heterocycles. The van der Waals surface area contributed by atoms with Crippen LogP contribution in [0.5, 0.6) is 0 Å². The summed E-state index contributed by atoms with van der Waals surface area (Å²) >= 11 is 0. The smallest absolute Gasteiger partial charge is 0.348 e. The second-order valence-corrected chi connectivity index (χ2v) is 8.47. The highest BCUT2D eigenvalue weighted by Crippen LogP contribution is 2.60. The molecule has 1 fully saturated rings. The Morgan fingerprint density at radius 3 is 2.52 bits per heavy atom. The quantitative estimate of drug-likeness (QED) is 0.725. The average Bonchev–Trinajstić information content (AvgIpc) is 3.22. The van der Waals surface area contributed by atoms with Crippen LogP contribution in [0.4, 0.5) is 0 Å². The number of nitrogens with zero attached hydrogens (tertiary/aromatic N) is 3. The molecule has 2 aromatic rings. The van der Waals surface area contributed by atoms with Crippen molar-refractivity contribution >= 4 is 7.60 Å². The van der Waals surface area contributed by atoms with Crippen molar-refractivity contribution in [1.82, 2.24) is 15.0 Å². The molecule has 0 aliphatic carbocycles. The highest BCUT2D eigenvalue weighted by Gasteiger charge is 2.49. The maximum Gasteiger partial charge on any atom is 0.357 e. The summed E-state index contributed by atoms with van der Waals surface area (Å²) in [4.78, 5) is 0. The van der Waals surface area contributed by atoms with Gasteiger partial charge in [0, 0.05) is 19.8 Å². The Morgan fingerprint density at radius 1 is 1.28 bits per heavy atom. The minimum absolute atomic E-state index is 0.245. The molecule has 0 radical (unpaired) electrons. The van der Waals surface area contributed by atoms with E-state index in [0.717, 1.165) is 5.56 Å². The molecule has 1 aliphatic rings. The van der Waals surface area contributed by atoms with E-state index in [1.165, 1.54) is 18.9 Å². The van der Waals surface area contributed by atoms with Crippen LogP contribution < -0.4 is 0 Å². The lowest BCUT2D eigenvalue weighted by Crippen LogP contribution is -2.30. The van der Waals surface area contributed by atoms with E-state index in [9.17, 15) is 4.57 Å².